The summed E-state index contributed by atoms with van der Waals surface area (Å²) in [5.41, 5.74) is -0.137. The van der Waals surface area contributed by atoms with E-state index in [0.29, 0.717) is 5.69 Å². The summed E-state index contributed by atoms with van der Waals surface area (Å²) < 4.78 is 31.8. The predicted octanol–water partition coefficient (Wildman–Crippen LogP) is 1.58. The number of anilines is 1. The van der Waals surface area contributed by atoms with E-state index in [2.05, 4.69) is 15.4 Å². The van der Waals surface area contributed by atoms with Crippen molar-refractivity contribution in [2.75, 3.05) is 32.5 Å². The highest BCUT2D eigenvalue weighted by molar-refractivity contribution is 7.89. The van der Waals surface area contributed by atoms with Crippen LogP contribution in [0.4, 0.5) is 15.3 Å². The van der Waals surface area contributed by atoms with Gasteiger partial charge in [0.1, 0.15) is 5.60 Å². The second kappa shape index (κ2) is 8.86. The third kappa shape index (κ3) is 7.70. The Morgan fingerprint density at radius 1 is 1.08 bits per heavy atom. The first-order valence-electron chi connectivity index (χ1n) is 7.95. The van der Waals surface area contributed by atoms with Crippen molar-refractivity contribution in [2.24, 2.45) is 0 Å². The molecule has 0 atom stereocenters. The van der Waals surface area contributed by atoms with Crippen molar-refractivity contribution in [1.29, 1.82) is 0 Å². The highest BCUT2D eigenvalue weighted by Crippen LogP contribution is 2.14. The summed E-state index contributed by atoms with van der Waals surface area (Å²) in [5, 5.41) is 5.08. The molecule has 26 heavy (non-hydrogen) atoms. The van der Waals surface area contributed by atoms with E-state index in [0.717, 1.165) is 0 Å². The molecule has 0 saturated heterocycles. The standard InChI is InChI=1S/C16H26N4O5S/c1-16(2,3)25-15(22)17-10-11-18-26(23,24)13-8-6-12(7-9-13)19-14(21)20(4)5/h6-9,18H,10-11H2,1-5H3,(H,17,22)(H,19,21). The van der Waals surface area contributed by atoms with Crippen LogP contribution < -0.4 is 15.4 Å². The maximum Gasteiger partial charge on any atom is 0.407 e. The van der Waals surface area contributed by atoms with Crippen LogP contribution in [0.15, 0.2) is 29.2 Å². The summed E-state index contributed by atoms with van der Waals surface area (Å²) in [6.45, 7) is 5.31. The number of alkyl carbamates (subject to hydrolysis) is 1. The fraction of sp³-hybridized carbons (Fsp3) is 0.500. The van der Waals surface area contributed by atoms with E-state index in [1.807, 2.05) is 0 Å². The number of benzene rings is 1. The monoisotopic (exact) mass is 386 g/mol. The maximum atomic E-state index is 12.2. The van der Waals surface area contributed by atoms with Crippen molar-refractivity contribution in [2.45, 2.75) is 31.3 Å². The van der Waals surface area contributed by atoms with E-state index in [9.17, 15) is 18.0 Å². The maximum absolute atomic E-state index is 12.2. The van der Waals surface area contributed by atoms with Gasteiger partial charge in [-0.25, -0.2) is 22.7 Å². The summed E-state index contributed by atoms with van der Waals surface area (Å²) in [6, 6.07) is 5.44. The van der Waals surface area contributed by atoms with E-state index in [1.54, 1.807) is 34.9 Å². The third-order valence-corrected chi connectivity index (χ3v) is 4.38. The number of nitrogens with one attached hydrogen (secondary N) is 3. The van der Waals surface area contributed by atoms with E-state index >= 15 is 0 Å². The molecule has 3 amide bonds. The molecule has 0 aromatic heterocycles. The smallest absolute Gasteiger partial charge is 0.407 e. The quantitative estimate of drug-likeness (QED) is 0.642. The van der Waals surface area contributed by atoms with E-state index in [-0.39, 0.29) is 24.0 Å². The van der Waals surface area contributed by atoms with Crippen LogP contribution in [0.5, 0.6) is 0 Å². The lowest BCUT2D eigenvalue weighted by Crippen LogP contribution is -2.37. The molecule has 0 aliphatic carbocycles. The number of hydrogen-bond acceptors (Lipinski definition) is 5. The van der Waals surface area contributed by atoms with Crippen molar-refractivity contribution < 1.29 is 22.7 Å². The zero-order chi connectivity index (χ0) is 20.0. The number of urea groups is 1. The molecule has 146 valence electrons. The summed E-state index contributed by atoms with van der Waals surface area (Å²) in [6.07, 6.45) is -0.613. The summed E-state index contributed by atoms with van der Waals surface area (Å²) in [7, 11) is -0.519. The van der Waals surface area contributed by atoms with E-state index in [1.165, 1.54) is 29.2 Å². The number of sulfonamides is 1. The normalized spacial score (nSPS) is 11.6. The summed E-state index contributed by atoms with van der Waals surface area (Å²) in [4.78, 5) is 24.4. The minimum atomic E-state index is -3.72. The molecular weight excluding hydrogens is 360 g/mol. The fourth-order valence-electron chi connectivity index (χ4n) is 1.70. The Morgan fingerprint density at radius 3 is 2.15 bits per heavy atom. The third-order valence-electron chi connectivity index (χ3n) is 2.91. The van der Waals surface area contributed by atoms with Gasteiger partial charge in [-0.3, -0.25) is 0 Å². The molecule has 0 aliphatic rings. The molecule has 0 unspecified atom stereocenters. The van der Waals surface area contributed by atoms with E-state index in [4.69, 9.17) is 4.74 Å². The molecule has 0 bridgehead atoms. The van der Waals surface area contributed by atoms with Gasteiger partial charge < -0.3 is 20.3 Å². The minimum Gasteiger partial charge on any atom is -0.444 e. The Bertz CT molecular complexity index is 724. The molecule has 0 fully saturated rings. The molecule has 1 aromatic carbocycles. The van der Waals surface area contributed by atoms with Gasteiger partial charge in [-0.1, -0.05) is 0 Å². The lowest BCUT2D eigenvalue weighted by atomic mass is 10.2. The largest absolute Gasteiger partial charge is 0.444 e. The molecule has 0 aliphatic heterocycles. The zero-order valence-electron chi connectivity index (χ0n) is 15.6. The molecule has 0 spiro atoms. The zero-order valence-corrected chi connectivity index (χ0v) is 16.4. The van der Waals surface area contributed by atoms with Crippen LogP contribution in [0, 0.1) is 0 Å². The number of carbonyl (C=O) groups is 2. The predicted molar refractivity (Wildman–Crippen MR) is 98.6 cm³/mol. The van der Waals surface area contributed by atoms with Crippen LogP contribution in [-0.4, -0.2) is 58.2 Å². The van der Waals surface area contributed by atoms with Gasteiger partial charge in [0.2, 0.25) is 10.0 Å². The van der Waals surface area contributed by atoms with Gasteiger partial charge in [0.05, 0.1) is 4.90 Å². The van der Waals surface area contributed by atoms with Gasteiger partial charge in [-0.2, -0.15) is 0 Å². The Hall–Kier alpha value is -2.33. The number of rotatable bonds is 6. The van der Waals surface area contributed by atoms with Crippen LogP contribution in [0.2, 0.25) is 0 Å². The summed E-state index contributed by atoms with van der Waals surface area (Å²) >= 11 is 0. The van der Waals surface area contributed by atoms with Gasteiger partial charge >= 0.3 is 12.1 Å². The number of ether oxygens (including phenoxy) is 1. The lowest BCUT2D eigenvalue weighted by Gasteiger charge is -2.19. The van der Waals surface area contributed by atoms with Crippen LogP contribution in [-0.2, 0) is 14.8 Å². The highest BCUT2D eigenvalue weighted by Gasteiger charge is 2.17. The van der Waals surface area contributed by atoms with Crippen LogP contribution in [0.1, 0.15) is 20.8 Å². The first kappa shape index (κ1) is 21.7. The Labute approximate surface area is 154 Å². The molecule has 0 radical (unpaired) electrons. The SMILES string of the molecule is CN(C)C(=O)Nc1ccc(S(=O)(=O)NCCNC(=O)OC(C)(C)C)cc1. The molecule has 10 heteroatoms. The minimum absolute atomic E-state index is 0.0146. The second-order valence-corrected chi connectivity index (χ2v) is 8.44. The van der Waals surface area contributed by atoms with Crippen molar-refractivity contribution in [3.05, 3.63) is 24.3 Å². The molecule has 1 aromatic rings. The van der Waals surface area contributed by atoms with Gasteiger partial charge in [0.25, 0.3) is 0 Å². The van der Waals surface area contributed by atoms with Gasteiger partial charge in [-0.05, 0) is 45.0 Å². The van der Waals surface area contributed by atoms with Gasteiger partial charge in [-0.15, -0.1) is 0 Å². The molecule has 0 heterocycles. The number of amides is 3. The molecule has 3 N–H and O–H groups in total. The van der Waals surface area contributed by atoms with Crippen molar-refractivity contribution in [1.82, 2.24) is 14.9 Å². The second-order valence-electron chi connectivity index (χ2n) is 6.68. The Balaban J connectivity index is 2.52. The summed E-state index contributed by atoms with van der Waals surface area (Å²) in [5.74, 6) is 0. The Kier molecular flexibility index (Phi) is 7.40. The van der Waals surface area contributed by atoms with Crippen molar-refractivity contribution in [3.8, 4) is 0 Å². The van der Waals surface area contributed by atoms with Gasteiger partial charge in [0.15, 0.2) is 0 Å². The van der Waals surface area contributed by atoms with Crippen LogP contribution in [0.3, 0.4) is 0 Å². The van der Waals surface area contributed by atoms with Crippen molar-refractivity contribution >= 4 is 27.8 Å². The van der Waals surface area contributed by atoms with Gasteiger partial charge in [0, 0.05) is 32.9 Å². The molecule has 0 saturated carbocycles. The average molecular weight is 386 g/mol. The highest BCUT2D eigenvalue weighted by atomic mass is 32.2. The average Bonchev–Trinajstić information content (AvgIpc) is 2.50. The topological polar surface area (TPSA) is 117 Å². The number of nitrogens with zero attached hydrogens (tertiary/aromatic N) is 1. The number of carbonyl (C=O) groups excluding carboxylic acids is 2. The first-order valence-corrected chi connectivity index (χ1v) is 9.44. The Morgan fingerprint density at radius 2 is 1.65 bits per heavy atom. The lowest BCUT2D eigenvalue weighted by molar-refractivity contribution is 0.0529. The first-order chi connectivity index (χ1) is 11.9. The van der Waals surface area contributed by atoms with Crippen LogP contribution in [0.25, 0.3) is 0 Å². The molecule has 9 nitrogen and oxygen atoms in total. The van der Waals surface area contributed by atoms with Crippen molar-refractivity contribution in [3.63, 3.8) is 0 Å². The molecular formula is C16H26N4O5S. The number of hydrogen-bond donors (Lipinski definition) is 3. The van der Waals surface area contributed by atoms with Crippen LogP contribution >= 0.6 is 0 Å². The fourth-order valence-corrected chi connectivity index (χ4v) is 2.73. The molecule has 1 rings (SSSR count). The van der Waals surface area contributed by atoms with E-state index < -0.39 is 21.7 Å².